The third-order valence-electron chi connectivity index (χ3n) is 4.41. The highest BCUT2D eigenvalue weighted by Gasteiger charge is 2.41. The van der Waals surface area contributed by atoms with Gasteiger partial charge in [-0.1, -0.05) is 29.8 Å². The van der Waals surface area contributed by atoms with E-state index in [1.165, 1.54) is 21.8 Å². The SMILES string of the molecule is O=C1C(=CNCc2cccnc2)S(=O)(=O)N(Cc2ccc(Cl)cc2)c2ccsc21. The number of nitrogens with one attached hydrogen (secondary N) is 1. The van der Waals surface area contributed by atoms with Gasteiger partial charge in [0, 0.05) is 30.2 Å². The summed E-state index contributed by atoms with van der Waals surface area (Å²) in [5, 5.41) is 5.22. The van der Waals surface area contributed by atoms with Crippen LogP contribution in [0.4, 0.5) is 5.69 Å². The summed E-state index contributed by atoms with van der Waals surface area (Å²) in [6, 6.07) is 12.3. The minimum atomic E-state index is -4.02. The van der Waals surface area contributed by atoms with Crippen LogP contribution in [-0.2, 0) is 23.1 Å². The molecule has 2 aromatic heterocycles. The van der Waals surface area contributed by atoms with Crippen molar-refractivity contribution in [2.45, 2.75) is 13.1 Å². The molecule has 1 aliphatic rings. The lowest BCUT2D eigenvalue weighted by molar-refractivity contribution is 0.104. The summed E-state index contributed by atoms with van der Waals surface area (Å²) in [6.07, 6.45) is 4.61. The number of rotatable bonds is 5. The minimum Gasteiger partial charge on any atom is -0.386 e. The molecular weight excluding hydrogens is 430 g/mol. The molecule has 0 aliphatic carbocycles. The van der Waals surface area contributed by atoms with E-state index >= 15 is 0 Å². The molecule has 9 heteroatoms. The molecule has 1 N–H and O–H groups in total. The molecule has 1 aliphatic heterocycles. The van der Waals surface area contributed by atoms with Crippen LogP contribution in [0.3, 0.4) is 0 Å². The summed E-state index contributed by atoms with van der Waals surface area (Å²) >= 11 is 7.16. The van der Waals surface area contributed by atoms with Crippen LogP contribution in [0, 0.1) is 0 Å². The Kier molecular flexibility index (Phi) is 5.40. The second-order valence-electron chi connectivity index (χ2n) is 6.35. The van der Waals surface area contributed by atoms with E-state index < -0.39 is 15.8 Å². The number of carbonyl (C=O) groups is 1. The van der Waals surface area contributed by atoms with E-state index in [0.717, 1.165) is 11.1 Å². The summed E-state index contributed by atoms with van der Waals surface area (Å²) in [6.45, 7) is 0.463. The number of carbonyl (C=O) groups excluding carboxylic acids is 1. The number of nitrogens with zero attached hydrogens (tertiary/aromatic N) is 2. The molecule has 0 amide bonds. The molecule has 0 unspecified atom stereocenters. The van der Waals surface area contributed by atoms with Crippen LogP contribution in [0.5, 0.6) is 0 Å². The number of sulfonamides is 1. The summed E-state index contributed by atoms with van der Waals surface area (Å²) < 4.78 is 27.8. The van der Waals surface area contributed by atoms with Crippen molar-refractivity contribution >= 4 is 44.4 Å². The molecule has 148 valence electrons. The fourth-order valence-corrected chi connectivity index (χ4v) is 5.61. The number of hydrogen-bond acceptors (Lipinski definition) is 6. The highest BCUT2D eigenvalue weighted by atomic mass is 35.5. The predicted octanol–water partition coefficient (Wildman–Crippen LogP) is 3.96. The third-order valence-corrected chi connectivity index (χ3v) is 7.33. The quantitative estimate of drug-likeness (QED) is 0.601. The average molecular weight is 446 g/mol. The second-order valence-corrected chi connectivity index (χ2v) is 9.54. The van der Waals surface area contributed by atoms with Crippen LogP contribution in [0.2, 0.25) is 5.02 Å². The molecular formula is C20H16ClN3O3S2. The van der Waals surface area contributed by atoms with Gasteiger partial charge in [0.2, 0.25) is 5.78 Å². The van der Waals surface area contributed by atoms with E-state index in [2.05, 4.69) is 10.3 Å². The minimum absolute atomic E-state index is 0.108. The van der Waals surface area contributed by atoms with Crippen LogP contribution in [0.25, 0.3) is 0 Å². The molecule has 0 saturated carbocycles. The summed E-state index contributed by atoms with van der Waals surface area (Å²) in [4.78, 5) is 17.0. The first-order valence-corrected chi connectivity index (χ1v) is 11.4. The molecule has 0 atom stereocenters. The number of anilines is 1. The number of allylic oxidation sites excluding steroid dienone is 1. The lowest BCUT2D eigenvalue weighted by atomic mass is 10.2. The first-order valence-electron chi connectivity index (χ1n) is 8.68. The van der Waals surface area contributed by atoms with Gasteiger partial charge in [-0.3, -0.25) is 14.1 Å². The van der Waals surface area contributed by atoms with Gasteiger partial charge in [0.15, 0.2) is 4.91 Å². The van der Waals surface area contributed by atoms with Crippen LogP contribution in [-0.4, -0.2) is 19.2 Å². The van der Waals surface area contributed by atoms with Crippen LogP contribution < -0.4 is 9.62 Å². The lowest BCUT2D eigenvalue weighted by Gasteiger charge is -2.29. The number of fused-ring (bicyclic) bond motifs is 1. The monoisotopic (exact) mass is 445 g/mol. The fraction of sp³-hybridized carbons (Fsp3) is 0.100. The van der Waals surface area contributed by atoms with Gasteiger partial charge in [-0.15, -0.1) is 11.3 Å². The Morgan fingerprint density at radius 3 is 2.66 bits per heavy atom. The molecule has 1 aromatic carbocycles. The van der Waals surface area contributed by atoms with Crippen molar-refractivity contribution in [3.63, 3.8) is 0 Å². The Balaban J connectivity index is 1.67. The molecule has 0 saturated heterocycles. The summed E-state index contributed by atoms with van der Waals surface area (Å²) in [7, 11) is -4.02. The maximum atomic E-state index is 13.3. The summed E-state index contributed by atoms with van der Waals surface area (Å²) in [5.74, 6) is -0.499. The topological polar surface area (TPSA) is 79.4 Å². The zero-order valence-electron chi connectivity index (χ0n) is 15.1. The van der Waals surface area contributed by atoms with E-state index in [1.54, 1.807) is 54.2 Å². The zero-order valence-corrected chi connectivity index (χ0v) is 17.5. The Bertz CT molecular complexity index is 1170. The Hall–Kier alpha value is -2.68. The van der Waals surface area contributed by atoms with Gasteiger partial charge < -0.3 is 5.32 Å². The molecule has 3 heterocycles. The van der Waals surface area contributed by atoms with Crippen molar-refractivity contribution in [2.24, 2.45) is 0 Å². The molecule has 4 rings (SSSR count). The molecule has 0 spiro atoms. The molecule has 29 heavy (non-hydrogen) atoms. The predicted molar refractivity (Wildman–Crippen MR) is 114 cm³/mol. The van der Waals surface area contributed by atoms with Crippen LogP contribution in [0.1, 0.15) is 20.8 Å². The molecule has 0 radical (unpaired) electrons. The Labute approximate surface area is 177 Å². The van der Waals surface area contributed by atoms with Crippen molar-refractivity contribution in [1.29, 1.82) is 0 Å². The number of thiophene rings is 1. The number of benzene rings is 1. The molecule has 0 bridgehead atoms. The van der Waals surface area contributed by atoms with E-state index in [1.807, 2.05) is 6.07 Å². The number of hydrogen-bond donors (Lipinski definition) is 1. The number of aromatic nitrogens is 1. The van der Waals surface area contributed by atoms with Crippen molar-refractivity contribution in [3.8, 4) is 0 Å². The standard InChI is InChI=1S/C20H16ClN3O3S2/c21-16-5-3-14(4-6-16)13-24-17-7-9-28-20(17)19(25)18(29(24,26)27)12-23-11-15-2-1-8-22-10-15/h1-10,12,23H,11,13H2. The van der Waals surface area contributed by atoms with Gasteiger partial charge >= 0.3 is 0 Å². The lowest BCUT2D eigenvalue weighted by Crippen LogP contribution is -2.38. The average Bonchev–Trinajstić information content (AvgIpc) is 3.20. The van der Waals surface area contributed by atoms with Crippen molar-refractivity contribution in [1.82, 2.24) is 10.3 Å². The molecule has 0 fully saturated rings. The van der Waals surface area contributed by atoms with E-state index in [9.17, 15) is 13.2 Å². The van der Waals surface area contributed by atoms with Gasteiger partial charge in [0.25, 0.3) is 10.0 Å². The third kappa shape index (κ3) is 3.91. The summed E-state index contributed by atoms with van der Waals surface area (Å²) in [5.41, 5.74) is 2.05. The first kappa shape index (κ1) is 19.6. The largest absolute Gasteiger partial charge is 0.386 e. The smallest absolute Gasteiger partial charge is 0.270 e. The van der Waals surface area contributed by atoms with Gasteiger partial charge in [-0.05, 0) is 40.8 Å². The van der Waals surface area contributed by atoms with E-state index in [4.69, 9.17) is 11.6 Å². The Morgan fingerprint density at radius 2 is 1.93 bits per heavy atom. The highest BCUT2D eigenvalue weighted by molar-refractivity contribution is 7.97. The molecule has 3 aromatic rings. The maximum absolute atomic E-state index is 13.3. The van der Waals surface area contributed by atoms with Crippen LogP contribution in [0.15, 0.2) is 71.3 Å². The maximum Gasteiger partial charge on any atom is 0.270 e. The fourth-order valence-electron chi connectivity index (χ4n) is 2.98. The van der Waals surface area contributed by atoms with Gasteiger partial charge in [-0.2, -0.15) is 0 Å². The van der Waals surface area contributed by atoms with Crippen molar-refractivity contribution in [2.75, 3.05) is 4.31 Å². The normalized spacial score (nSPS) is 16.7. The van der Waals surface area contributed by atoms with E-state index in [-0.39, 0.29) is 11.4 Å². The Morgan fingerprint density at radius 1 is 1.14 bits per heavy atom. The number of pyridine rings is 1. The number of Topliss-reactive ketones (excluding diaryl/α,β-unsaturated/α-hetero) is 1. The van der Waals surface area contributed by atoms with Gasteiger partial charge in [-0.25, -0.2) is 8.42 Å². The van der Waals surface area contributed by atoms with Crippen molar-refractivity contribution in [3.05, 3.63) is 92.4 Å². The second kappa shape index (κ2) is 7.98. The zero-order chi connectivity index (χ0) is 20.4. The van der Waals surface area contributed by atoms with Crippen LogP contribution >= 0.6 is 22.9 Å². The molecule has 6 nitrogen and oxygen atoms in total. The van der Waals surface area contributed by atoms with Gasteiger partial charge in [0.1, 0.15) is 4.88 Å². The highest BCUT2D eigenvalue weighted by Crippen LogP contribution is 2.39. The van der Waals surface area contributed by atoms with E-state index in [0.29, 0.717) is 22.1 Å². The number of ketones is 1. The first-order chi connectivity index (χ1) is 14.0. The van der Waals surface area contributed by atoms with Gasteiger partial charge in [0.05, 0.1) is 12.2 Å². The number of halogens is 1. The van der Waals surface area contributed by atoms with Crippen molar-refractivity contribution < 1.29 is 13.2 Å².